The fraction of sp³-hybridized carbons (Fsp3) is 0.267. The van der Waals surface area contributed by atoms with E-state index in [0.717, 1.165) is 39.5 Å². The maximum Gasteiger partial charge on any atom is 0.311 e. The first-order valence-corrected chi connectivity index (χ1v) is 11.8. The summed E-state index contributed by atoms with van der Waals surface area (Å²) < 4.78 is 2.05. The molecular formula is C30H34N2O2. The summed E-state index contributed by atoms with van der Waals surface area (Å²) in [7, 11) is 1.98. The van der Waals surface area contributed by atoms with Crippen LogP contribution in [0.4, 0.5) is 0 Å². The van der Waals surface area contributed by atoms with Gasteiger partial charge in [0.2, 0.25) is 0 Å². The Bertz CT molecular complexity index is 1250. The molecule has 0 saturated carbocycles. The van der Waals surface area contributed by atoms with Crippen molar-refractivity contribution in [2.45, 2.75) is 47.0 Å². The number of hydrogen-bond donors (Lipinski definition) is 1. The number of carboxylic acid groups (broad SMARTS) is 1. The number of imidazole rings is 1. The van der Waals surface area contributed by atoms with Gasteiger partial charge < -0.3 is 9.67 Å². The first-order chi connectivity index (χ1) is 16.3. The van der Waals surface area contributed by atoms with Crippen LogP contribution in [0.5, 0.6) is 0 Å². The molecule has 0 saturated heterocycles. The average Bonchev–Trinajstić information content (AvgIpc) is 3.15. The zero-order valence-electron chi connectivity index (χ0n) is 21.0. The van der Waals surface area contributed by atoms with Crippen molar-refractivity contribution in [2.75, 3.05) is 0 Å². The summed E-state index contributed by atoms with van der Waals surface area (Å²) in [6, 6.07) is 24.4. The molecule has 0 aliphatic carbocycles. The van der Waals surface area contributed by atoms with Gasteiger partial charge in [0.25, 0.3) is 0 Å². The van der Waals surface area contributed by atoms with Crippen molar-refractivity contribution in [1.29, 1.82) is 0 Å². The molecule has 0 aliphatic rings. The van der Waals surface area contributed by atoms with Crippen LogP contribution in [0.25, 0.3) is 22.5 Å². The van der Waals surface area contributed by atoms with Crippen molar-refractivity contribution >= 4 is 5.97 Å². The molecule has 4 nitrogen and oxygen atoms in total. The van der Waals surface area contributed by atoms with Crippen molar-refractivity contribution in [2.24, 2.45) is 7.05 Å². The van der Waals surface area contributed by atoms with Crippen LogP contribution in [0.1, 0.15) is 47.8 Å². The van der Waals surface area contributed by atoms with Crippen molar-refractivity contribution in [1.82, 2.24) is 9.55 Å². The quantitative estimate of drug-likeness (QED) is 0.337. The maximum absolute atomic E-state index is 12.2. The van der Waals surface area contributed by atoms with Crippen molar-refractivity contribution < 1.29 is 9.90 Å². The molecule has 34 heavy (non-hydrogen) atoms. The van der Waals surface area contributed by atoms with Crippen LogP contribution in [-0.2, 0) is 18.3 Å². The Labute approximate surface area is 202 Å². The topological polar surface area (TPSA) is 55.1 Å². The molecular weight excluding hydrogens is 420 g/mol. The van der Waals surface area contributed by atoms with Gasteiger partial charge in [-0.1, -0.05) is 103 Å². The van der Waals surface area contributed by atoms with Crippen LogP contribution in [0.2, 0.25) is 0 Å². The van der Waals surface area contributed by atoms with E-state index in [1.165, 1.54) is 11.1 Å². The summed E-state index contributed by atoms with van der Waals surface area (Å²) in [6.45, 7) is 10.1. The molecule has 0 bridgehead atoms. The molecule has 1 heterocycles. The first kappa shape index (κ1) is 25.0. The minimum atomic E-state index is -0.840. The number of benzene rings is 3. The van der Waals surface area contributed by atoms with Gasteiger partial charge in [-0.25, -0.2) is 4.98 Å². The van der Waals surface area contributed by atoms with Crippen molar-refractivity contribution in [3.8, 4) is 22.5 Å². The third kappa shape index (κ3) is 5.45. The number of rotatable bonds is 6. The molecule has 3 aromatic carbocycles. The average molecular weight is 455 g/mol. The van der Waals surface area contributed by atoms with Crippen LogP contribution < -0.4 is 0 Å². The highest BCUT2D eigenvalue weighted by atomic mass is 16.4. The van der Waals surface area contributed by atoms with Gasteiger partial charge in [-0.2, -0.15) is 0 Å². The fourth-order valence-corrected chi connectivity index (χ4v) is 4.10. The van der Waals surface area contributed by atoms with Crippen molar-refractivity contribution in [3.63, 3.8) is 0 Å². The summed E-state index contributed by atoms with van der Waals surface area (Å²) in [5, 5.41) is 10.0. The molecule has 1 unspecified atom stereocenters. The zero-order valence-corrected chi connectivity index (χ0v) is 21.0. The van der Waals surface area contributed by atoms with Gasteiger partial charge in [0, 0.05) is 24.6 Å². The molecule has 4 rings (SSSR count). The van der Waals surface area contributed by atoms with E-state index in [2.05, 4.69) is 62.4 Å². The predicted molar refractivity (Wildman–Crippen MR) is 140 cm³/mol. The molecule has 0 radical (unpaired) electrons. The van der Waals surface area contributed by atoms with E-state index in [1.807, 2.05) is 56.7 Å². The summed E-state index contributed by atoms with van der Waals surface area (Å²) in [5.41, 5.74) is 8.19. The van der Waals surface area contributed by atoms with Crippen LogP contribution in [-0.4, -0.2) is 20.6 Å². The Balaban J connectivity index is 0.00000158. The summed E-state index contributed by atoms with van der Waals surface area (Å²) in [5.74, 6) is -0.745. The molecule has 4 aromatic rings. The minimum Gasteiger partial charge on any atom is -0.481 e. The molecule has 0 fully saturated rings. The fourth-order valence-electron chi connectivity index (χ4n) is 4.10. The van der Waals surface area contributed by atoms with Crippen LogP contribution in [0.3, 0.4) is 0 Å². The zero-order chi connectivity index (χ0) is 24.8. The summed E-state index contributed by atoms with van der Waals surface area (Å²) >= 11 is 0. The molecule has 1 atom stereocenters. The van der Waals surface area contributed by atoms with Gasteiger partial charge in [0.1, 0.15) is 5.82 Å². The van der Waals surface area contributed by atoms with E-state index < -0.39 is 11.9 Å². The highest BCUT2D eigenvalue weighted by Gasteiger charge is 2.25. The van der Waals surface area contributed by atoms with E-state index >= 15 is 0 Å². The van der Waals surface area contributed by atoms with E-state index in [-0.39, 0.29) is 0 Å². The van der Waals surface area contributed by atoms with Gasteiger partial charge in [0.05, 0.1) is 17.3 Å². The van der Waals surface area contributed by atoms with E-state index in [9.17, 15) is 9.90 Å². The lowest BCUT2D eigenvalue weighted by Gasteiger charge is -2.14. The number of hydrogen-bond acceptors (Lipinski definition) is 2. The third-order valence-electron chi connectivity index (χ3n) is 5.97. The lowest BCUT2D eigenvalue weighted by atomic mass is 9.94. The normalized spacial score (nSPS) is 11.5. The Morgan fingerprint density at radius 3 is 1.94 bits per heavy atom. The number of carbonyl (C=O) groups is 1. The molecule has 1 N–H and O–H groups in total. The Morgan fingerprint density at radius 2 is 1.41 bits per heavy atom. The van der Waals surface area contributed by atoms with E-state index in [1.54, 1.807) is 0 Å². The maximum atomic E-state index is 12.2. The van der Waals surface area contributed by atoms with Crippen LogP contribution in [0, 0.1) is 20.8 Å². The first-order valence-electron chi connectivity index (χ1n) is 11.8. The van der Waals surface area contributed by atoms with Gasteiger partial charge in [-0.3, -0.25) is 4.79 Å². The summed E-state index contributed by atoms with van der Waals surface area (Å²) in [4.78, 5) is 17.2. The minimum absolute atomic E-state index is 0.319. The molecule has 0 aliphatic heterocycles. The number of carboxylic acids is 1. The Hall–Kier alpha value is -3.66. The number of aliphatic carboxylic acids is 1. The standard InChI is InChI=1S/C28H28N2O2.C2H6/c1-18-8-12-21(13-9-18)26-27(22-14-10-19(2)11-15-22)30(4)25(29-26)17-24(28(31)32)23-7-5-6-20(3)16-23;1-2/h5-16,24H,17H2,1-4H3,(H,31,32);1-2H3. The van der Waals surface area contributed by atoms with Crippen LogP contribution in [0.15, 0.2) is 72.8 Å². The highest BCUT2D eigenvalue weighted by Crippen LogP contribution is 2.34. The van der Waals surface area contributed by atoms with Crippen molar-refractivity contribution in [3.05, 3.63) is 101 Å². The van der Waals surface area contributed by atoms with Gasteiger partial charge in [-0.15, -0.1) is 0 Å². The molecule has 4 heteroatoms. The molecule has 0 amide bonds. The van der Waals surface area contributed by atoms with E-state index in [4.69, 9.17) is 4.98 Å². The van der Waals surface area contributed by atoms with Crippen LogP contribution >= 0.6 is 0 Å². The predicted octanol–water partition coefficient (Wildman–Crippen LogP) is 7.12. The monoisotopic (exact) mass is 454 g/mol. The second kappa shape index (κ2) is 11.0. The lowest BCUT2D eigenvalue weighted by molar-refractivity contribution is -0.138. The largest absolute Gasteiger partial charge is 0.481 e. The Kier molecular flexibility index (Phi) is 8.06. The second-order valence-electron chi connectivity index (χ2n) is 8.53. The molecule has 176 valence electrons. The smallest absolute Gasteiger partial charge is 0.311 e. The number of aromatic nitrogens is 2. The second-order valence-corrected chi connectivity index (χ2v) is 8.53. The van der Waals surface area contributed by atoms with Gasteiger partial charge in [0.15, 0.2) is 0 Å². The molecule has 0 spiro atoms. The van der Waals surface area contributed by atoms with Gasteiger partial charge in [-0.05, 0) is 26.3 Å². The number of aryl methyl sites for hydroxylation is 3. The van der Waals surface area contributed by atoms with E-state index in [0.29, 0.717) is 6.42 Å². The lowest BCUT2D eigenvalue weighted by Crippen LogP contribution is -2.17. The SMILES string of the molecule is CC.Cc1ccc(-c2nc(CC(C(=O)O)c3cccc(C)c3)n(C)c2-c2ccc(C)cc2)cc1. The Morgan fingerprint density at radius 1 is 0.853 bits per heavy atom. The summed E-state index contributed by atoms with van der Waals surface area (Å²) in [6.07, 6.45) is 0.319. The highest BCUT2D eigenvalue weighted by molar-refractivity contribution is 5.80. The van der Waals surface area contributed by atoms with Gasteiger partial charge >= 0.3 is 5.97 Å². The third-order valence-corrected chi connectivity index (χ3v) is 5.97. The number of nitrogens with zero attached hydrogens (tertiary/aromatic N) is 2. The molecule has 1 aromatic heterocycles.